The first-order chi connectivity index (χ1) is 7.15. The maximum absolute atomic E-state index is 12.0. The summed E-state index contributed by atoms with van der Waals surface area (Å²) in [6, 6.07) is 0. The third-order valence-corrected chi connectivity index (χ3v) is 3.91. The number of carbonyl (C=O) groups is 1. The number of likely N-dealkylation sites (tertiary alicyclic amines) is 1. The van der Waals surface area contributed by atoms with Crippen molar-refractivity contribution in [3.8, 4) is 0 Å². The lowest BCUT2D eigenvalue weighted by molar-refractivity contribution is -0.136. The van der Waals surface area contributed by atoms with Gasteiger partial charge in [0.25, 0.3) is 0 Å². The van der Waals surface area contributed by atoms with Gasteiger partial charge < -0.3 is 9.64 Å². The topological polar surface area (TPSA) is 29.5 Å². The Hall–Kier alpha value is -0.570. The number of nitrogens with zero attached hydrogens (tertiary/aromatic N) is 1. The molecule has 0 aromatic carbocycles. The Morgan fingerprint density at radius 1 is 1.47 bits per heavy atom. The van der Waals surface area contributed by atoms with E-state index in [4.69, 9.17) is 4.74 Å². The molecule has 0 N–H and O–H groups in total. The largest absolute Gasteiger partial charge is 0.358 e. The first-order valence-electron chi connectivity index (χ1n) is 6.03. The second-order valence-electron chi connectivity index (χ2n) is 4.98. The predicted molar refractivity (Wildman–Crippen MR) is 58.2 cm³/mol. The van der Waals surface area contributed by atoms with E-state index in [1.54, 1.807) is 0 Å². The Morgan fingerprint density at radius 3 is 2.87 bits per heavy atom. The van der Waals surface area contributed by atoms with E-state index in [9.17, 15) is 4.79 Å². The highest BCUT2D eigenvalue weighted by Gasteiger charge is 2.48. The van der Waals surface area contributed by atoms with Gasteiger partial charge in [-0.15, -0.1) is 0 Å². The van der Waals surface area contributed by atoms with Crippen molar-refractivity contribution in [2.75, 3.05) is 13.7 Å². The summed E-state index contributed by atoms with van der Waals surface area (Å²) in [7, 11) is 1.88. The minimum absolute atomic E-state index is 0.0373. The van der Waals surface area contributed by atoms with Crippen molar-refractivity contribution in [3.05, 3.63) is 0 Å². The summed E-state index contributed by atoms with van der Waals surface area (Å²) >= 11 is 0. The fraction of sp³-hybridized carbons (Fsp3) is 0.917. The van der Waals surface area contributed by atoms with Gasteiger partial charge in [-0.25, -0.2) is 0 Å². The van der Waals surface area contributed by atoms with Crippen LogP contribution in [0.25, 0.3) is 0 Å². The van der Waals surface area contributed by atoms with Gasteiger partial charge in [-0.1, -0.05) is 6.92 Å². The number of rotatable bonds is 2. The molecular formula is C12H21NO2. The van der Waals surface area contributed by atoms with Crippen LogP contribution in [0.2, 0.25) is 0 Å². The highest BCUT2D eigenvalue weighted by molar-refractivity contribution is 5.81. The summed E-state index contributed by atoms with van der Waals surface area (Å²) in [5, 5.41) is 0. The number of hydrogen-bond acceptors (Lipinski definition) is 2. The van der Waals surface area contributed by atoms with Crippen LogP contribution >= 0.6 is 0 Å². The highest BCUT2D eigenvalue weighted by atomic mass is 16.5. The molecule has 0 aromatic rings. The molecule has 1 saturated carbocycles. The summed E-state index contributed by atoms with van der Waals surface area (Å²) in [4.78, 5) is 13.8. The van der Waals surface area contributed by atoms with Crippen LogP contribution in [-0.2, 0) is 9.53 Å². The Morgan fingerprint density at radius 2 is 2.20 bits per heavy atom. The maximum atomic E-state index is 12.0. The van der Waals surface area contributed by atoms with Crippen LogP contribution in [-0.4, -0.2) is 30.7 Å². The fourth-order valence-electron chi connectivity index (χ4n) is 3.13. The summed E-state index contributed by atoms with van der Waals surface area (Å²) < 4.78 is 5.71. The molecule has 0 aromatic heterocycles. The zero-order chi connectivity index (χ0) is 11.0. The summed E-state index contributed by atoms with van der Waals surface area (Å²) in [6.07, 6.45) is 3.43. The lowest BCUT2D eigenvalue weighted by atomic mass is 9.76. The van der Waals surface area contributed by atoms with E-state index in [0.29, 0.717) is 18.4 Å². The van der Waals surface area contributed by atoms with E-state index in [0.717, 1.165) is 18.8 Å². The zero-order valence-electron chi connectivity index (χ0n) is 9.90. The monoisotopic (exact) mass is 211 g/mol. The molecule has 4 atom stereocenters. The number of carbonyl (C=O) groups excluding carboxylic acids is 1. The second-order valence-corrected chi connectivity index (χ2v) is 4.98. The SMILES string of the molecule is CCO[C@H]1[C@H]2C[C@@H](C)CC[C@H]2C(=O)N1C. The van der Waals surface area contributed by atoms with Crippen LogP contribution in [0.4, 0.5) is 0 Å². The van der Waals surface area contributed by atoms with Crippen molar-refractivity contribution in [2.24, 2.45) is 17.8 Å². The number of ether oxygens (including phenoxy) is 1. The minimum atomic E-state index is 0.0373. The van der Waals surface area contributed by atoms with Crippen molar-refractivity contribution >= 4 is 5.91 Å². The number of hydrogen-bond donors (Lipinski definition) is 0. The molecular weight excluding hydrogens is 190 g/mol. The van der Waals surface area contributed by atoms with E-state index in [1.807, 2.05) is 18.9 Å². The summed E-state index contributed by atoms with van der Waals surface area (Å²) in [6.45, 7) is 4.97. The van der Waals surface area contributed by atoms with Gasteiger partial charge in [-0.3, -0.25) is 4.79 Å². The molecule has 0 bridgehead atoms. The average molecular weight is 211 g/mol. The minimum Gasteiger partial charge on any atom is -0.358 e. The molecule has 0 unspecified atom stereocenters. The molecule has 1 aliphatic carbocycles. The van der Waals surface area contributed by atoms with Crippen molar-refractivity contribution in [2.45, 2.75) is 39.3 Å². The van der Waals surface area contributed by atoms with Gasteiger partial charge in [0.05, 0.1) is 0 Å². The molecule has 1 heterocycles. The lowest BCUT2D eigenvalue weighted by Gasteiger charge is -2.31. The highest BCUT2D eigenvalue weighted by Crippen LogP contribution is 2.43. The van der Waals surface area contributed by atoms with Gasteiger partial charge in [0.2, 0.25) is 5.91 Å². The number of fused-ring (bicyclic) bond motifs is 1. The van der Waals surface area contributed by atoms with Crippen LogP contribution in [0.1, 0.15) is 33.1 Å². The lowest BCUT2D eigenvalue weighted by Crippen LogP contribution is -2.34. The molecule has 1 aliphatic heterocycles. The van der Waals surface area contributed by atoms with E-state index in [2.05, 4.69) is 6.92 Å². The molecule has 3 heteroatoms. The van der Waals surface area contributed by atoms with Gasteiger partial charge >= 0.3 is 0 Å². The number of amides is 1. The first-order valence-corrected chi connectivity index (χ1v) is 6.03. The van der Waals surface area contributed by atoms with E-state index >= 15 is 0 Å². The zero-order valence-corrected chi connectivity index (χ0v) is 9.90. The maximum Gasteiger partial charge on any atom is 0.227 e. The first kappa shape index (κ1) is 10.9. The van der Waals surface area contributed by atoms with E-state index in [-0.39, 0.29) is 12.1 Å². The van der Waals surface area contributed by atoms with E-state index < -0.39 is 0 Å². The van der Waals surface area contributed by atoms with Crippen molar-refractivity contribution in [1.82, 2.24) is 4.90 Å². The van der Waals surface area contributed by atoms with Gasteiger partial charge in [0.15, 0.2) is 0 Å². The predicted octanol–water partition coefficient (Wildman–Crippen LogP) is 1.87. The van der Waals surface area contributed by atoms with Crippen LogP contribution in [0.3, 0.4) is 0 Å². The molecule has 1 amide bonds. The van der Waals surface area contributed by atoms with Crippen LogP contribution in [0.15, 0.2) is 0 Å². The van der Waals surface area contributed by atoms with Gasteiger partial charge in [0.1, 0.15) is 6.23 Å². The third-order valence-electron chi connectivity index (χ3n) is 3.91. The molecule has 1 saturated heterocycles. The van der Waals surface area contributed by atoms with Crippen molar-refractivity contribution < 1.29 is 9.53 Å². The molecule has 2 rings (SSSR count). The van der Waals surface area contributed by atoms with Crippen LogP contribution < -0.4 is 0 Å². The van der Waals surface area contributed by atoms with Crippen molar-refractivity contribution in [1.29, 1.82) is 0 Å². The van der Waals surface area contributed by atoms with Crippen LogP contribution in [0, 0.1) is 17.8 Å². The smallest absolute Gasteiger partial charge is 0.227 e. The molecule has 2 fully saturated rings. The normalized spacial score (nSPS) is 40.7. The third kappa shape index (κ3) is 1.78. The van der Waals surface area contributed by atoms with Crippen molar-refractivity contribution in [3.63, 3.8) is 0 Å². The Balaban J connectivity index is 2.14. The van der Waals surface area contributed by atoms with Gasteiger partial charge in [-0.05, 0) is 32.1 Å². The van der Waals surface area contributed by atoms with Gasteiger partial charge in [0, 0.05) is 25.5 Å². The quantitative estimate of drug-likeness (QED) is 0.698. The summed E-state index contributed by atoms with van der Waals surface area (Å²) in [5.41, 5.74) is 0. The molecule has 2 aliphatic rings. The Kier molecular flexibility index (Phi) is 3.01. The Labute approximate surface area is 91.8 Å². The molecule has 0 radical (unpaired) electrons. The molecule has 3 nitrogen and oxygen atoms in total. The standard InChI is InChI=1S/C12H21NO2/c1-4-15-12-10-7-8(2)5-6-9(10)11(14)13(12)3/h8-10,12H,4-7H2,1-3H3/t8-,9+,10-,12-/m0/s1. The second kappa shape index (κ2) is 4.12. The summed E-state index contributed by atoms with van der Waals surface area (Å²) in [5.74, 6) is 1.72. The fourth-order valence-corrected chi connectivity index (χ4v) is 3.13. The Bertz CT molecular complexity index is 254. The van der Waals surface area contributed by atoms with Gasteiger partial charge in [-0.2, -0.15) is 0 Å². The molecule has 15 heavy (non-hydrogen) atoms. The molecule has 0 spiro atoms. The molecule has 86 valence electrons. The average Bonchev–Trinajstić information content (AvgIpc) is 2.44. The van der Waals surface area contributed by atoms with E-state index in [1.165, 1.54) is 6.42 Å². The van der Waals surface area contributed by atoms with Crippen LogP contribution in [0.5, 0.6) is 0 Å².